The number of nitrogens with one attached hydrogen (secondary N) is 1. The predicted octanol–water partition coefficient (Wildman–Crippen LogP) is 5.18. The van der Waals surface area contributed by atoms with Crippen LogP contribution in [0.4, 0.5) is 0 Å². The average molecular weight is 310 g/mol. The van der Waals surface area contributed by atoms with Crippen molar-refractivity contribution in [3.8, 4) is 0 Å². The van der Waals surface area contributed by atoms with Crippen LogP contribution in [0.5, 0.6) is 0 Å². The number of fused-ring (bicyclic) bond motifs is 1. The summed E-state index contributed by atoms with van der Waals surface area (Å²) in [4.78, 5) is 0. The van der Waals surface area contributed by atoms with Gasteiger partial charge in [-0.05, 0) is 48.6 Å². The highest BCUT2D eigenvalue weighted by Gasteiger charge is 2.27. The first-order chi connectivity index (χ1) is 11.3. The third-order valence-electron chi connectivity index (χ3n) is 3.96. The second-order valence-corrected chi connectivity index (χ2v) is 5.89. The molecule has 1 nitrogen and oxygen atoms in total. The molecule has 0 aliphatic heterocycles. The van der Waals surface area contributed by atoms with Gasteiger partial charge in [0.2, 0.25) is 0 Å². The Labute approximate surface area is 135 Å². The lowest BCUT2D eigenvalue weighted by Crippen LogP contribution is -2.24. The molecule has 0 spiro atoms. The molecular formula is C17H17Cl2N. The van der Waals surface area contributed by atoms with Crippen LogP contribution in [-0.2, 0) is 0 Å². The highest BCUT2D eigenvalue weighted by atomic mass is 35.5. The van der Waals surface area contributed by atoms with Crippen LogP contribution in [-0.4, -0.2) is 6.98 Å². The zero-order valence-corrected chi connectivity index (χ0v) is 12.3. The Morgan fingerprint density at radius 3 is 2.65 bits per heavy atom. The Kier molecular flexibility index (Phi) is 2.84. The number of rotatable bonds is 2. The minimum atomic E-state index is -2.44. The highest BCUT2D eigenvalue weighted by Crippen LogP contribution is 2.42. The molecule has 1 aliphatic rings. The third kappa shape index (κ3) is 2.46. The molecule has 104 valence electrons. The summed E-state index contributed by atoms with van der Waals surface area (Å²) in [5.74, 6) is 0.122. The van der Waals surface area contributed by atoms with Crippen molar-refractivity contribution in [1.82, 2.24) is 5.31 Å². The van der Waals surface area contributed by atoms with E-state index >= 15 is 0 Å². The maximum absolute atomic E-state index is 8.01. The first kappa shape index (κ1) is 9.83. The van der Waals surface area contributed by atoms with E-state index in [-0.39, 0.29) is 5.92 Å². The van der Waals surface area contributed by atoms with Gasteiger partial charge in [-0.2, -0.15) is 0 Å². The molecule has 0 radical (unpaired) electrons. The van der Waals surface area contributed by atoms with Crippen LogP contribution in [0.1, 0.15) is 45.6 Å². The molecule has 0 fully saturated rings. The summed E-state index contributed by atoms with van der Waals surface area (Å²) >= 11 is 12.2. The maximum Gasteiger partial charge on any atom is 0.122 e. The topological polar surface area (TPSA) is 12.0 Å². The number of halogens is 2. The van der Waals surface area contributed by atoms with Gasteiger partial charge < -0.3 is 5.31 Å². The van der Waals surface area contributed by atoms with Crippen LogP contribution < -0.4 is 5.31 Å². The summed E-state index contributed by atoms with van der Waals surface area (Å²) in [6, 6.07) is 12.9. The molecule has 0 amide bonds. The van der Waals surface area contributed by atoms with Gasteiger partial charge in [-0.15, -0.1) is 0 Å². The van der Waals surface area contributed by atoms with Gasteiger partial charge in [0.1, 0.15) is 1.41 Å². The lowest BCUT2D eigenvalue weighted by molar-refractivity contribution is 0.471. The number of hydrogen-bond donors (Lipinski definition) is 1. The number of hydrogen-bond acceptors (Lipinski definition) is 1. The normalized spacial score (nSPS) is 25.4. The molecule has 2 unspecified atom stereocenters. The molecule has 3 rings (SSSR count). The molecule has 1 aliphatic carbocycles. The van der Waals surface area contributed by atoms with Gasteiger partial charge in [-0.3, -0.25) is 0 Å². The molecule has 1 N–H and O–H groups in total. The van der Waals surface area contributed by atoms with Crippen molar-refractivity contribution in [1.29, 1.82) is 0 Å². The van der Waals surface area contributed by atoms with Crippen molar-refractivity contribution in [2.75, 3.05) is 6.98 Å². The first-order valence-electron chi connectivity index (χ1n) is 8.55. The van der Waals surface area contributed by atoms with E-state index in [0.717, 1.165) is 28.4 Å². The van der Waals surface area contributed by atoms with Crippen LogP contribution >= 0.6 is 23.2 Å². The summed E-state index contributed by atoms with van der Waals surface area (Å²) in [5.41, 5.74) is 3.00. The summed E-state index contributed by atoms with van der Waals surface area (Å²) in [5, 5.41) is 1.78. The van der Waals surface area contributed by atoms with Gasteiger partial charge >= 0.3 is 0 Å². The Morgan fingerprint density at radius 2 is 1.90 bits per heavy atom. The number of benzene rings is 2. The molecule has 20 heavy (non-hydrogen) atoms. The van der Waals surface area contributed by atoms with E-state index in [1.807, 2.05) is 36.4 Å². The second kappa shape index (κ2) is 5.77. The van der Waals surface area contributed by atoms with Crippen LogP contribution in [0.3, 0.4) is 0 Å². The van der Waals surface area contributed by atoms with Crippen molar-refractivity contribution < 1.29 is 5.52 Å². The Morgan fingerprint density at radius 1 is 1.10 bits per heavy atom. The zero-order valence-electron chi connectivity index (χ0n) is 14.8. The van der Waals surface area contributed by atoms with Crippen molar-refractivity contribution in [3.63, 3.8) is 0 Å². The van der Waals surface area contributed by atoms with E-state index in [2.05, 4.69) is 0 Å². The third-order valence-corrected chi connectivity index (χ3v) is 4.70. The van der Waals surface area contributed by atoms with E-state index in [1.54, 1.807) is 6.07 Å². The molecule has 2 atom stereocenters. The zero-order chi connectivity index (χ0) is 17.5. The van der Waals surface area contributed by atoms with Crippen LogP contribution in [0.25, 0.3) is 0 Å². The fraction of sp³-hybridized carbons (Fsp3) is 0.294. The average Bonchev–Trinajstić information content (AvgIpc) is 2.55. The second-order valence-electron chi connectivity index (χ2n) is 5.08. The maximum atomic E-state index is 8.01. The van der Waals surface area contributed by atoms with Crippen molar-refractivity contribution in [3.05, 3.63) is 69.2 Å². The van der Waals surface area contributed by atoms with Crippen LogP contribution in [0, 0.1) is 0 Å². The van der Waals surface area contributed by atoms with Crippen molar-refractivity contribution >= 4 is 23.2 Å². The Balaban J connectivity index is 2.02. The summed E-state index contributed by atoms with van der Waals surface area (Å²) in [7, 11) is 0. The molecular weight excluding hydrogens is 289 g/mol. The molecule has 3 heteroatoms. The first-order valence-corrected chi connectivity index (χ1v) is 7.36. The quantitative estimate of drug-likeness (QED) is 0.806. The molecule has 0 heterocycles. The Bertz CT molecular complexity index is 748. The SMILES string of the molecule is [2H]N(C1CCC(c2ccc(Cl)c(Cl)c2)c2ccccc21)C([2H])([2H])[2H]. The molecule has 2 aromatic rings. The fourth-order valence-electron chi connectivity index (χ4n) is 2.98. The molecule has 2 aromatic carbocycles. The van der Waals surface area contributed by atoms with Crippen molar-refractivity contribution in [2.45, 2.75) is 24.8 Å². The van der Waals surface area contributed by atoms with Crippen LogP contribution in [0.2, 0.25) is 11.5 Å². The van der Waals surface area contributed by atoms with E-state index < -0.39 is 13.0 Å². The lowest BCUT2D eigenvalue weighted by Gasteiger charge is -2.32. The van der Waals surface area contributed by atoms with Gasteiger partial charge in [0.05, 0.1) is 10.0 Å². The van der Waals surface area contributed by atoms with Gasteiger partial charge in [0, 0.05) is 16.1 Å². The highest BCUT2D eigenvalue weighted by molar-refractivity contribution is 6.42. The van der Waals surface area contributed by atoms with Crippen molar-refractivity contribution in [2.24, 2.45) is 0 Å². The molecule has 0 bridgehead atoms. The van der Waals surface area contributed by atoms with E-state index in [9.17, 15) is 0 Å². The van der Waals surface area contributed by atoms with Crippen LogP contribution in [0.15, 0.2) is 42.5 Å². The minimum Gasteiger partial charge on any atom is -0.313 e. The Hall–Kier alpha value is -1.02. The van der Waals surface area contributed by atoms with E-state index in [1.165, 1.54) is 0 Å². The molecule has 0 saturated carbocycles. The molecule has 0 aromatic heterocycles. The van der Waals surface area contributed by atoms with Gasteiger partial charge in [-0.25, -0.2) is 0 Å². The summed E-state index contributed by atoms with van der Waals surface area (Å²) < 4.78 is 30.6. The fourth-order valence-corrected chi connectivity index (χ4v) is 3.28. The summed E-state index contributed by atoms with van der Waals surface area (Å²) in [6.07, 6.45) is 1.36. The molecule has 0 saturated heterocycles. The van der Waals surface area contributed by atoms with E-state index in [4.69, 9.17) is 28.7 Å². The van der Waals surface area contributed by atoms with E-state index in [0.29, 0.717) is 16.5 Å². The standard InChI is InChI=1S/C17H17Cl2N/c1-20-17-9-7-12(13-4-2-3-5-14(13)17)11-6-8-15(18)16(19)10-11/h2-6,8,10,12,17,20H,7,9H2,1H3/i1D3/hD. The van der Waals surface area contributed by atoms with Gasteiger partial charge in [-0.1, -0.05) is 53.5 Å². The summed E-state index contributed by atoms with van der Waals surface area (Å²) in [6.45, 7) is -2.44. The predicted molar refractivity (Wildman–Crippen MR) is 85.8 cm³/mol. The van der Waals surface area contributed by atoms with Gasteiger partial charge in [0.15, 0.2) is 0 Å². The smallest absolute Gasteiger partial charge is 0.122 e. The largest absolute Gasteiger partial charge is 0.313 e. The monoisotopic (exact) mass is 309 g/mol. The minimum absolute atomic E-state index is 0.122. The lowest BCUT2D eigenvalue weighted by atomic mass is 9.77. The van der Waals surface area contributed by atoms with Gasteiger partial charge in [0.25, 0.3) is 0 Å².